The van der Waals surface area contributed by atoms with E-state index in [1.54, 1.807) is 4.90 Å². The van der Waals surface area contributed by atoms with E-state index in [2.05, 4.69) is 0 Å². The van der Waals surface area contributed by atoms with E-state index in [1.165, 1.54) is 6.42 Å². The molecular formula is C13H25NO3. The van der Waals surface area contributed by atoms with E-state index >= 15 is 0 Å². The van der Waals surface area contributed by atoms with Crippen LogP contribution in [-0.4, -0.2) is 42.9 Å². The Labute approximate surface area is 104 Å². The molecule has 0 spiro atoms. The molecule has 17 heavy (non-hydrogen) atoms. The zero-order chi connectivity index (χ0) is 12.7. The van der Waals surface area contributed by atoms with Crippen molar-refractivity contribution in [3.63, 3.8) is 0 Å². The maximum absolute atomic E-state index is 11.6. The molecule has 1 saturated heterocycles. The Balaban J connectivity index is 2.04. The number of amides is 1. The van der Waals surface area contributed by atoms with E-state index in [-0.39, 0.29) is 11.7 Å². The Morgan fingerprint density at radius 3 is 2.35 bits per heavy atom. The van der Waals surface area contributed by atoms with Gasteiger partial charge in [0.25, 0.3) is 0 Å². The maximum Gasteiger partial charge on any atom is 0.409 e. The van der Waals surface area contributed by atoms with Crippen LogP contribution in [0.4, 0.5) is 4.79 Å². The Kier molecular flexibility index (Phi) is 5.75. The first-order valence-electron chi connectivity index (χ1n) is 6.55. The first kappa shape index (κ1) is 14.3. The highest BCUT2D eigenvalue weighted by molar-refractivity contribution is 5.67. The number of ether oxygens (including phenoxy) is 2. The van der Waals surface area contributed by atoms with E-state index < -0.39 is 0 Å². The molecule has 0 aromatic heterocycles. The Hall–Kier alpha value is -0.770. The van der Waals surface area contributed by atoms with Crippen molar-refractivity contribution < 1.29 is 14.3 Å². The van der Waals surface area contributed by atoms with Crippen molar-refractivity contribution in [1.82, 2.24) is 4.90 Å². The summed E-state index contributed by atoms with van der Waals surface area (Å²) < 4.78 is 10.8. The molecule has 100 valence electrons. The summed E-state index contributed by atoms with van der Waals surface area (Å²) in [4.78, 5) is 13.4. The van der Waals surface area contributed by atoms with Crippen molar-refractivity contribution in [2.75, 3.05) is 26.3 Å². The fourth-order valence-corrected chi connectivity index (χ4v) is 1.76. The predicted octanol–water partition coefficient (Wildman–Crippen LogP) is 2.81. The second-order valence-electron chi connectivity index (χ2n) is 5.48. The third-order valence-electron chi connectivity index (χ3n) is 2.66. The molecule has 1 fully saturated rings. The minimum atomic E-state index is -0.166. The molecule has 0 aromatic carbocycles. The number of carbonyl (C=O) groups is 1. The number of rotatable bonds is 4. The fourth-order valence-electron chi connectivity index (χ4n) is 1.76. The van der Waals surface area contributed by atoms with Crippen LogP contribution in [-0.2, 0) is 9.47 Å². The van der Waals surface area contributed by atoms with Crippen LogP contribution in [0.3, 0.4) is 0 Å². The van der Waals surface area contributed by atoms with Gasteiger partial charge in [-0.1, -0.05) is 0 Å². The smallest absolute Gasteiger partial charge is 0.409 e. The summed E-state index contributed by atoms with van der Waals surface area (Å²) in [7, 11) is 0. The van der Waals surface area contributed by atoms with Gasteiger partial charge in [0, 0.05) is 19.5 Å². The number of nitrogens with zero attached hydrogens (tertiary/aromatic N) is 1. The van der Waals surface area contributed by atoms with E-state index in [1.807, 2.05) is 20.8 Å². The summed E-state index contributed by atoms with van der Waals surface area (Å²) >= 11 is 0. The molecule has 1 rings (SSSR count). The lowest BCUT2D eigenvalue weighted by molar-refractivity contribution is -0.0111. The lowest BCUT2D eigenvalue weighted by atomic mass is 10.1. The highest BCUT2D eigenvalue weighted by Crippen LogP contribution is 2.10. The van der Waals surface area contributed by atoms with Gasteiger partial charge in [0.15, 0.2) is 0 Å². The SMILES string of the molecule is CC(C)(C)OCCCOC(=O)N1CCCCC1. The summed E-state index contributed by atoms with van der Waals surface area (Å²) in [5, 5.41) is 0. The van der Waals surface area contributed by atoms with Gasteiger partial charge in [0.2, 0.25) is 0 Å². The fraction of sp³-hybridized carbons (Fsp3) is 0.923. The second-order valence-corrected chi connectivity index (χ2v) is 5.48. The summed E-state index contributed by atoms with van der Waals surface area (Å²) in [5.41, 5.74) is -0.114. The predicted molar refractivity (Wildman–Crippen MR) is 67.1 cm³/mol. The molecular weight excluding hydrogens is 218 g/mol. The Morgan fingerprint density at radius 1 is 1.12 bits per heavy atom. The molecule has 0 aliphatic carbocycles. The van der Waals surface area contributed by atoms with E-state index in [0.717, 1.165) is 32.4 Å². The van der Waals surface area contributed by atoms with Gasteiger partial charge in [-0.15, -0.1) is 0 Å². The minimum absolute atomic E-state index is 0.114. The normalized spacial score (nSPS) is 17.0. The number of hydrogen-bond donors (Lipinski definition) is 0. The van der Waals surface area contributed by atoms with Crippen LogP contribution >= 0.6 is 0 Å². The van der Waals surface area contributed by atoms with E-state index in [9.17, 15) is 4.79 Å². The molecule has 4 heteroatoms. The molecule has 1 aliphatic heterocycles. The quantitative estimate of drug-likeness (QED) is 0.713. The summed E-state index contributed by atoms with van der Waals surface area (Å²) in [6.45, 7) is 8.84. The van der Waals surface area contributed by atoms with Crippen LogP contribution in [0, 0.1) is 0 Å². The van der Waals surface area contributed by atoms with Crippen LogP contribution in [0.2, 0.25) is 0 Å². The first-order valence-corrected chi connectivity index (χ1v) is 6.55. The molecule has 0 atom stereocenters. The Bertz CT molecular complexity index is 229. The highest BCUT2D eigenvalue weighted by atomic mass is 16.6. The van der Waals surface area contributed by atoms with Gasteiger partial charge in [-0.2, -0.15) is 0 Å². The molecule has 1 aliphatic rings. The molecule has 0 radical (unpaired) electrons. The molecule has 0 aromatic rings. The van der Waals surface area contributed by atoms with Gasteiger partial charge in [-0.3, -0.25) is 0 Å². The number of carbonyl (C=O) groups excluding carboxylic acids is 1. The average Bonchev–Trinajstić information content (AvgIpc) is 2.28. The largest absolute Gasteiger partial charge is 0.449 e. The number of hydrogen-bond acceptors (Lipinski definition) is 3. The lowest BCUT2D eigenvalue weighted by Gasteiger charge is -2.26. The zero-order valence-corrected chi connectivity index (χ0v) is 11.3. The molecule has 0 N–H and O–H groups in total. The summed E-state index contributed by atoms with van der Waals surface area (Å²) in [6, 6.07) is 0. The third kappa shape index (κ3) is 6.51. The van der Waals surface area contributed by atoms with Crippen molar-refractivity contribution in [2.45, 2.75) is 52.1 Å². The second kappa shape index (κ2) is 6.84. The van der Waals surface area contributed by atoms with Crippen LogP contribution in [0.5, 0.6) is 0 Å². The highest BCUT2D eigenvalue weighted by Gasteiger charge is 2.17. The van der Waals surface area contributed by atoms with E-state index in [4.69, 9.17) is 9.47 Å². The summed E-state index contributed by atoms with van der Waals surface area (Å²) in [5.74, 6) is 0. The zero-order valence-electron chi connectivity index (χ0n) is 11.3. The van der Waals surface area contributed by atoms with Gasteiger partial charge in [0.1, 0.15) is 0 Å². The molecule has 0 saturated carbocycles. The van der Waals surface area contributed by atoms with Crippen molar-refractivity contribution in [3.8, 4) is 0 Å². The van der Waals surface area contributed by atoms with Gasteiger partial charge < -0.3 is 14.4 Å². The van der Waals surface area contributed by atoms with Crippen LogP contribution < -0.4 is 0 Å². The molecule has 1 amide bonds. The lowest BCUT2D eigenvalue weighted by Crippen LogP contribution is -2.36. The monoisotopic (exact) mass is 243 g/mol. The Morgan fingerprint density at radius 2 is 1.76 bits per heavy atom. The average molecular weight is 243 g/mol. The van der Waals surface area contributed by atoms with Crippen LogP contribution in [0.15, 0.2) is 0 Å². The maximum atomic E-state index is 11.6. The first-order chi connectivity index (χ1) is 7.99. The molecule has 1 heterocycles. The molecule has 0 unspecified atom stereocenters. The van der Waals surface area contributed by atoms with Crippen LogP contribution in [0.1, 0.15) is 46.5 Å². The van der Waals surface area contributed by atoms with Crippen molar-refractivity contribution >= 4 is 6.09 Å². The van der Waals surface area contributed by atoms with Gasteiger partial charge in [-0.25, -0.2) is 4.79 Å². The van der Waals surface area contributed by atoms with Crippen molar-refractivity contribution in [1.29, 1.82) is 0 Å². The molecule has 0 bridgehead atoms. The standard InChI is InChI=1S/C13H25NO3/c1-13(2,3)17-11-7-10-16-12(15)14-8-5-4-6-9-14/h4-11H2,1-3H3. The number of piperidine rings is 1. The minimum Gasteiger partial charge on any atom is -0.449 e. The third-order valence-corrected chi connectivity index (χ3v) is 2.66. The van der Waals surface area contributed by atoms with Gasteiger partial charge in [-0.05, 0) is 40.0 Å². The van der Waals surface area contributed by atoms with Gasteiger partial charge >= 0.3 is 6.09 Å². The van der Waals surface area contributed by atoms with Crippen molar-refractivity contribution in [3.05, 3.63) is 0 Å². The van der Waals surface area contributed by atoms with Gasteiger partial charge in [0.05, 0.1) is 18.8 Å². The summed E-state index contributed by atoms with van der Waals surface area (Å²) in [6.07, 6.45) is 4.02. The molecule has 4 nitrogen and oxygen atoms in total. The van der Waals surface area contributed by atoms with E-state index in [0.29, 0.717) is 13.2 Å². The van der Waals surface area contributed by atoms with Crippen molar-refractivity contribution in [2.24, 2.45) is 0 Å². The topological polar surface area (TPSA) is 38.8 Å². The number of likely N-dealkylation sites (tertiary alicyclic amines) is 1. The van der Waals surface area contributed by atoms with Crippen LogP contribution in [0.25, 0.3) is 0 Å².